The average Bonchev–Trinajstić information content (AvgIpc) is 2.48. The van der Waals surface area contributed by atoms with Crippen LogP contribution in [0.1, 0.15) is 11.3 Å². The van der Waals surface area contributed by atoms with Crippen LogP contribution in [0, 0.1) is 0 Å². The summed E-state index contributed by atoms with van der Waals surface area (Å²) in [6.45, 7) is 0. The van der Waals surface area contributed by atoms with E-state index >= 15 is 0 Å². The van der Waals surface area contributed by atoms with E-state index in [9.17, 15) is 9.59 Å². The number of hydrogen-bond donors (Lipinski definition) is 1. The summed E-state index contributed by atoms with van der Waals surface area (Å²) in [7, 11) is 1.29. The van der Waals surface area contributed by atoms with Crippen molar-refractivity contribution in [2.75, 3.05) is 7.11 Å². The third kappa shape index (κ3) is 4.76. The van der Waals surface area contributed by atoms with Crippen molar-refractivity contribution in [3.8, 4) is 0 Å². The molecule has 1 N–H and O–H groups in total. The smallest absolute Gasteiger partial charge is 0.311 e. The lowest BCUT2D eigenvalue weighted by atomic mass is 10.2. The number of aromatic nitrogens is 2. The molecule has 2 rings (SSSR count). The molecule has 2 aromatic rings. The number of aromatic amines is 1. The number of esters is 1. The molecule has 0 atom stereocenters. The number of carbonyl (C=O) groups is 1. The highest BCUT2D eigenvalue weighted by Gasteiger charge is 2.08. The standard InChI is InChI=1S/C14H12Cl2N2O3S/c1-21-13(20)6-9-5-12(19)18-14(17-9)22-7-8-2-3-10(15)11(16)4-8/h2-5H,6-7H2,1H3,(H,17,18,19). The van der Waals surface area contributed by atoms with E-state index in [1.165, 1.54) is 24.9 Å². The molecule has 5 nitrogen and oxygen atoms in total. The summed E-state index contributed by atoms with van der Waals surface area (Å²) in [5.41, 5.74) is 0.998. The minimum Gasteiger partial charge on any atom is -0.469 e. The van der Waals surface area contributed by atoms with Gasteiger partial charge in [0.2, 0.25) is 0 Å². The van der Waals surface area contributed by atoms with Crippen molar-refractivity contribution in [3.05, 3.63) is 55.9 Å². The lowest BCUT2D eigenvalue weighted by molar-refractivity contribution is -0.139. The van der Waals surface area contributed by atoms with Crippen molar-refractivity contribution in [1.82, 2.24) is 9.97 Å². The van der Waals surface area contributed by atoms with Crippen LogP contribution in [-0.4, -0.2) is 23.0 Å². The first-order valence-electron chi connectivity index (χ1n) is 6.21. The van der Waals surface area contributed by atoms with E-state index in [1.807, 2.05) is 6.07 Å². The fourth-order valence-electron chi connectivity index (χ4n) is 1.64. The predicted molar refractivity (Wildman–Crippen MR) is 86.6 cm³/mol. The molecule has 0 aliphatic carbocycles. The van der Waals surface area contributed by atoms with Crippen LogP contribution in [0.3, 0.4) is 0 Å². The van der Waals surface area contributed by atoms with Gasteiger partial charge in [-0.3, -0.25) is 9.59 Å². The molecule has 0 radical (unpaired) electrons. The van der Waals surface area contributed by atoms with Gasteiger partial charge in [0, 0.05) is 11.8 Å². The third-order valence-corrected chi connectivity index (χ3v) is 4.37. The number of rotatable bonds is 5. The number of benzene rings is 1. The van der Waals surface area contributed by atoms with Crippen LogP contribution in [0.15, 0.2) is 34.2 Å². The number of hydrogen-bond acceptors (Lipinski definition) is 5. The van der Waals surface area contributed by atoms with Crippen molar-refractivity contribution in [2.45, 2.75) is 17.3 Å². The van der Waals surface area contributed by atoms with Gasteiger partial charge in [-0.25, -0.2) is 4.98 Å². The molecule has 0 saturated carbocycles. The molecule has 22 heavy (non-hydrogen) atoms. The minimum absolute atomic E-state index is 0.0409. The summed E-state index contributed by atoms with van der Waals surface area (Å²) in [6.07, 6.45) is -0.0409. The first-order chi connectivity index (χ1) is 10.5. The van der Waals surface area contributed by atoms with Gasteiger partial charge in [-0.15, -0.1) is 0 Å². The van der Waals surface area contributed by atoms with Gasteiger partial charge in [0.25, 0.3) is 5.56 Å². The topological polar surface area (TPSA) is 72.1 Å². The maximum Gasteiger partial charge on any atom is 0.311 e. The molecular weight excluding hydrogens is 347 g/mol. The van der Waals surface area contributed by atoms with Gasteiger partial charge in [0.05, 0.1) is 29.3 Å². The molecule has 0 spiro atoms. The Labute approximate surface area is 141 Å². The van der Waals surface area contributed by atoms with E-state index in [1.54, 1.807) is 12.1 Å². The normalized spacial score (nSPS) is 10.5. The number of H-pyrrole nitrogens is 1. The van der Waals surface area contributed by atoms with Gasteiger partial charge in [0.1, 0.15) is 0 Å². The van der Waals surface area contributed by atoms with E-state index in [0.29, 0.717) is 26.6 Å². The van der Waals surface area contributed by atoms with Gasteiger partial charge in [0.15, 0.2) is 5.16 Å². The highest BCUT2D eigenvalue weighted by atomic mass is 35.5. The maximum atomic E-state index is 11.6. The SMILES string of the molecule is COC(=O)Cc1cc(=O)[nH]c(SCc2ccc(Cl)c(Cl)c2)n1. The highest BCUT2D eigenvalue weighted by Crippen LogP contribution is 2.26. The second kappa shape index (κ2) is 7.67. The van der Waals surface area contributed by atoms with Crippen LogP contribution in [0.5, 0.6) is 0 Å². The summed E-state index contributed by atoms with van der Waals surface area (Å²) in [4.78, 5) is 29.7. The lowest BCUT2D eigenvalue weighted by Crippen LogP contribution is -2.13. The van der Waals surface area contributed by atoms with E-state index in [0.717, 1.165) is 5.56 Å². The minimum atomic E-state index is -0.446. The summed E-state index contributed by atoms with van der Waals surface area (Å²) >= 11 is 13.1. The maximum absolute atomic E-state index is 11.6. The van der Waals surface area contributed by atoms with E-state index in [-0.39, 0.29) is 12.0 Å². The Balaban J connectivity index is 2.10. The summed E-state index contributed by atoms with van der Waals surface area (Å²) in [6, 6.07) is 6.59. The lowest BCUT2D eigenvalue weighted by Gasteiger charge is -2.05. The first kappa shape index (κ1) is 16.9. The Hall–Kier alpha value is -1.50. The largest absolute Gasteiger partial charge is 0.469 e. The molecule has 0 fully saturated rings. The summed E-state index contributed by atoms with van der Waals surface area (Å²) < 4.78 is 4.56. The van der Waals surface area contributed by atoms with Crippen LogP contribution in [0.4, 0.5) is 0 Å². The monoisotopic (exact) mass is 358 g/mol. The molecule has 0 bridgehead atoms. The summed E-state index contributed by atoms with van der Waals surface area (Å²) in [5.74, 6) is 0.111. The molecule has 1 aromatic carbocycles. The van der Waals surface area contributed by atoms with Crippen LogP contribution in [-0.2, 0) is 21.7 Å². The van der Waals surface area contributed by atoms with Crippen molar-refractivity contribution in [2.24, 2.45) is 0 Å². The number of carbonyl (C=O) groups excluding carboxylic acids is 1. The number of thioether (sulfide) groups is 1. The zero-order valence-corrected chi connectivity index (χ0v) is 13.9. The van der Waals surface area contributed by atoms with Gasteiger partial charge in [-0.05, 0) is 17.7 Å². The van der Waals surface area contributed by atoms with Crippen molar-refractivity contribution >= 4 is 40.9 Å². The number of nitrogens with one attached hydrogen (secondary N) is 1. The zero-order chi connectivity index (χ0) is 16.1. The Morgan fingerprint density at radius 1 is 1.32 bits per heavy atom. The molecule has 0 unspecified atom stereocenters. The first-order valence-corrected chi connectivity index (χ1v) is 7.96. The quantitative estimate of drug-likeness (QED) is 0.505. The van der Waals surface area contributed by atoms with Gasteiger partial charge in [-0.1, -0.05) is 41.0 Å². The van der Waals surface area contributed by atoms with Gasteiger partial charge < -0.3 is 9.72 Å². The van der Waals surface area contributed by atoms with Crippen LogP contribution < -0.4 is 5.56 Å². The predicted octanol–water partition coefficient (Wildman–Crippen LogP) is 3.08. The Morgan fingerprint density at radius 3 is 2.77 bits per heavy atom. The molecule has 1 aromatic heterocycles. The number of nitrogens with zero attached hydrogens (tertiary/aromatic N) is 1. The molecule has 1 heterocycles. The molecule has 0 amide bonds. The van der Waals surface area contributed by atoms with Crippen molar-refractivity contribution in [1.29, 1.82) is 0 Å². The fraction of sp³-hybridized carbons (Fsp3) is 0.214. The highest BCUT2D eigenvalue weighted by molar-refractivity contribution is 7.98. The Bertz CT molecular complexity index is 749. The fourth-order valence-corrected chi connectivity index (χ4v) is 2.80. The Kier molecular flexibility index (Phi) is 5.88. The van der Waals surface area contributed by atoms with Crippen molar-refractivity contribution in [3.63, 3.8) is 0 Å². The van der Waals surface area contributed by atoms with E-state index in [2.05, 4.69) is 14.7 Å². The second-order valence-corrected chi connectivity index (χ2v) is 6.11. The van der Waals surface area contributed by atoms with E-state index in [4.69, 9.17) is 23.2 Å². The molecule has 116 valence electrons. The van der Waals surface area contributed by atoms with Gasteiger partial charge >= 0.3 is 5.97 Å². The summed E-state index contributed by atoms with van der Waals surface area (Å²) in [5, 5.41) is 1.39. The average molecular weight is 359 g/mol. The molecule has 0 aliphatic rings. The third-order valence-electron chi connectivity index (χ3n) is 2.69. The van der Waals surface area contributed by atoms with Crippen LogP contribution in [0.25, 0.3) is 0 Å². The molecule has 0 aliphatic heterocycles. The number of ether oxygens (including phenoxy) is 1. The zero-order valence-electron chi connectivity index (χ0n) is 11.6. The van der Waals surface area contributed by atoms with Crippen LogP contribution >= 0.6 is 35.0 Å². The number of halogens is 2. The van der Waals surface area contributed by atoms with Crippen molar-refractivity contribution < 1.29 is 9.53 Å². The second-order valence-electron chi connectivity index (χ2n) is 4.33. The van der Waals surface area contributed by atoms with E-state index < -0.39 is 5.97 Å². The molecule has 0 saturated heterocycles. The Morgan fingerprint density at radius 2 is 2.09 bits per heavy atom. The molecule has 8 heteroatoms. The van der Waals surface area contributed by atoms with Gasteiger partial charge in [-0.2, -0.15) is 0 Å². The molecular formula is C14H12Cl2N2O3S. The number of methoxy groups -OCH3 is 1. The van der Waals surface area contributed by atoms with Crippen LogP contribution in [0.2, 0.25) is 10.0 Å².